The molecular formula is C21H20N4OS. The third-order valence-corrected chi connectivity index (χ3v) is 5.63. The number of benzene rings is 2. The van der Waals surface area contributed by atoms with Crippen LogP contribution in [-0.4, -0.2) is 21.0 Å². The predicted octanol–water partition coefficient (Wildman–Crippen LogP) is 3.53. The van der Waals surface area contributed by atoms with E-state index in [4.69, 9.17) is 0 Å². The van der Waals surface area contributed by atoms with Gasteiger partial charge in [0.2, 0.25) is 0 Å². The summed E-state index contributed by atoms with van der Waals surface area (Å²) in [5.74, 6) is 0. The first-order chi connectivity index (χ1) is 13.1. The third-order valence-electron chi connectivity index (χ3n) is 4.72. The van der Waals surface area contributed by atoms with Crippen molar-refractivity contribution < 1.29 is 0 Å². The maximum Gasteiger partial charge on any atom is 0.296 e. The molecule has 0 aliphatic rings. The van der Waals surface area contributed by atoms with E-state index in [1.807, 2.05) is 83.9 Å². The Morgan fingerprint density at radius 2 is 1.59 bits per heavy atom. The molecule has 6 heteroatoms. The molecule has 0 aliphatic carbocycles. The zero-order valence-corrected chi connectivity index (χ0v) is 16.3. The van der Waals surface area contributed by atoms with Gasteiger partial charge in [0.05, 0.1) is 17.1 Å². The molecule has 4 rings (SSSR count). The largest absolute Gasteiger partial charge is 0.296 e. The molecule has 0 saturated carbocycles. The lowest BCUT2D eigenvalue weighted by Gasteiger charge is -2.08. The lowest BCUT2D eigenvalue weighted by atomic mass is 10.1. The Morgan fingerprint density at radius 3 is 2.22 bits per heavy atom. The van der Waals surface area contributed by atoms with Crippen LogP contribution in [0.15, 0.2) is 75.8 Å². The van der Waals surface area contributed by atoms with Crippen LogP contribution in [0.3, 0.4) is 0 Å². The monoisotopic (exact) mass is 376 g/mol. The molecule has 2 heterocycles. The van der Waals surface area contributed by atoms with E-state index in [0.29, 0.717) is 5.69 Å². The van der Waals surface area contributed by atoms with E-state index in [2.05, 4.69) is 10.4 Å². The first kappa shape index (κ1) is 17.3. The SMILES string of the molecule is CN=c1scc(-c2ccccc2)n1-c1c(C)n(C)n(-c2ccccc2)c1=O. The van der Waals surface area contributed by atoms with E-state index in [0.717, 1.165) is 27.4 Å². The van der Waals surface area contributed by atoms with Crippen molar-refractivity contribution in [3.8, 4) is 22.6 Å². The Kier molecular flexibility index (Phi) is 4.41. The highest BCUT2D eigenvalue weighted by molar-refractivity contribution is 7.07. The van der Waals surface area contributed by atoms with Crippen molar-refractivity contribution in [2.24, 2.45) is 12.0 Å². The van der Waals surface area contributed by atoms with E-state index in [1.54, 1.807) is 11.7 Å². The lowest BCUT2D eigenvalue weighted by Crippen LogP contribution is -2.24. The van der Waals surface area contributed by atoms with Crippen LogP contribution in [0, 0.1) is 6.92 Å². The highest BCUT2D eigenvalue weighted by Gasteiger charge is 2.21. The Bertz CT molecular complexity index is 1210. The molecule has 5 nitrogen and oxygen atoms in total. The van der Waals surface area contributed by atoms with Gasteiger partial charge in [0, 0.05) is 19.5 Å². The van der Waals surface area contributed by atoms with Crippen LogP contribution in [0.1, 0.15) is 5.69 Å². The molecule has 27 heavy (non-hydrogen) atoms. The average Bonchev–Trinajstić information content (AvgIpc) is 3.22. The van der Waals surface area contributed by atoms with Gasteiger partial charge in [0.25, 0.3) is 5.56 Å². The molecule has 0 fully saturated rings. The average molecular weight is 376 g/mol. The number of aromatic nitrogens is 3. The van der Waals surface area contributed by atoms with Gasteiger partial charge in [-0.25, -0.2) is 4.68 Å². The second kappa shape index (κ2) is 6.89. The second-order valence-electron chi connectivity index (χ2n) is 6.24. The van der Waals surface area contributed by atoms with Gasteiger partial charge in [-0.3, -0.25) is 19.0 Å². The Labute approximate surface area is 161 Å². The molecule has 0 atom stereocenters. The van der Waals surface area contributed by atoms with Crippen LogP contribution >= 0.6 is 11.3 Å². The smallest absolute Gasteiger partial charge is 0.283 e. The first-order valence-electron chi connectivity index (χ1n) is 8.66. The second-order valence-corrected chi connectivity index (χ2v) is 7.08. The van der Waals surface area contributed by atoms with Gasteiger partial charge in [-0.05, 0) is 24.6 Å². The summed E-state index contributed by atoms with van der Waals surface area (Å²) in [7, 11) is 3.66. The van der Waals surface area contributed by atoms with Gasteiger partial charge in [0.1, 0.15) is 5.69 Å². The van der Waals surface area contributed by atoms with Gasteiger partial charge in [-0.2, -0.15) is 0 Å². The number of rotatable bonds is 3. The molecule has 136 valence electrons. The minimum atomic E-state index is -0.0633. The molecular weight excluding hydrogens is 356 g/mol. The molecule has 0 aliphatic heterocycles. The fraction of sp³-hybridized carbons (Fsp3) is 0.143. The van der Waals surface area contributed by atoms with Crippen LogP contribution in [0.4, 0.5) is 0 Å². The van der Waals surface area contributed by atoms with Crippen molar-refractivity contribution in [2.75, 3.05) is 7.05 Å². The highest BCUT2D eigenvalue weighted by atomic mass is 32.1. The van der Waals surface area contributed by atoms with Gasteiger partial charge in [0.15, 0.2) is 4.80 Å². The van der Waals surface area contributed by atoms with E-state index in [1.165, 1.54) is 11.3 Å². The van der Waals surface area contributed by atoms with Crippen molar-refractivity contribution in [2.45, 2.75) is 6.92 Å². The lowest BCUT2D eigenvalue weighted by molar-refractivity contribution is 0.630. The quantitative estimate of drug-likeness (QED) is 0.539. The highest BCUT2D eigenvalue weighted by Crippen LogP contribution is 2.24. The fourth-order valence-corrected chi connectivity index (χ4v) is 4.16. The van der Waals surface area contributed by atoms with Crippen molar-refractivity contribution in [3.05, 3.63) is 86.9 Å². The topological polar surface area (TPSA) is 44.2 Å². The predicted molar refractivity (Wildman–Crippen MR) is 110 cm³/mol. The molecule has 0 bridgehead atoms. The van der Waals surface area contributed by atoms with E-state index in [9.17, 15) is 4.79 Å². The first-order valence-corrected chi connectivity index (χ1v) is 9.54. The van der Waals surface area contributed by atoms with Crippen LogP contribution < -0.4 is 10.4 Å². The fourth-order valence-electron chi connectivity index (χ4n) is 3.30. The molecule has 0 N–H and O–H groups in total. The molecule has 4 aromatic rings. The summed E-state index contributed by atoms with van der Waals surface area (Å²) in [5, 5.41) is 2.05. The maximum absolute atomic E-state index is 13.4. The summed E-state index contributed by atoms with van der Waals surface area (Å²) in [6, 6.07) is 19.8. The standard InChI is InChI=1S/C21H20N4OS/c1-15-19(20(26)25(23(15)3)17-12-8-5-9-13-17)24-18(14-27-21(24)22-2)16-10-6-4-7-11-16/h4-14H,1-3H3. The van der Waals surface area contributed by atoms with Gasteiger partial charge in [-0.1, -0.05) is 48.5 Å². The summed E-state index contributed by atoms with van der Waals surface area (Å²) in [5.41, 5.74) is 4.30. The van der Waals surface area contributed by atoms with Crippen LogP contribution in [-0.2, 0) is 7.05 Å². The molecule has 0 spiro atoms. The number of nitrogens with zero attached hydrogens (tertiary/aromatic N) is 4. The summed E-state index contributed by atoms with van der Waals surface area (Å²) >= 11 is 1.53. The van der Waals surface area contributed by atoms with Crippen LogP contribution in [0.25, 0.3) is 22.6 Å². The minimum Gasteiger partial charge on any atom is -0.283 e. The number of hydrogen-bond acceptors (Lipinski definition) is 3. The number of hydrogen-bond donors (Lipinski definition) is 0. The molecule has 0 saturated heterocycles. The maximum atomic E-state index is 13.4. The Balaban J connectivity index is 2.05. The van der Waals surface area contributed by atoms with Crippen molar-refractivity contribution in [1.82, 2.24) is 13.9 Å². The minimum absolute atomic E-state index is 0.0633. The molecule has 2 aromatic carbocycles. The summed E-state index contributed by atoms with van der Waals surface area (Å²) in [6.07, 6.45) is 0. The zero-order valence-electron chi connectivity index (χ0n) is 15.5. The number of thiazole rings is 1. The summed E-state index contributed by atoms with van der Waals surface area (Å²) < 4.78 is 5.56. The summed E-state index contributed by atoms with van der Waals surface area (Å²) in [6.45, 7) is 1.97. The Morgan fingerprint density at radius 1 is 0.963 bits per heavy atom. The van der Waals surface area contributed by atoms with Crippen LogP contribution in [0.2, 0.25) is 0 Å². The molecule has 0 unspecified atom stereocenters. The van der Waals surface area contributed by atoms with Gasteiger partial charge >= 0.3 is 0 Å². The molecule has 2 aromatic heterocycles. The third kappa shape index (κ3) is 2.78. The van der Waals surface area contributed by atoms with Crippen molar-refractivity contribution >= 4 is 11.3 Å². The van der Waals surface area contributed by atoms with Crippen molar-refractivity contribution in [3.63, 3.8) is 0 Å². The normalized spacial score (nSPS) is 11.9. The van der Waals surface area contributed by atoms with Gasteiger partial charge < -0.3 is 0 Å². The van der Waals surface area contributed by atoms with E-state index >= 15 is 0 Å². The number of para-hydroxylation sites is 1. The van der Waals surface area contributed by atoms with E-state index in [-0.39, 0.29) is 5.56 Å². The zero-order chi connectivity index (χ0) is 19.0. The molecule has 0 amide bonds. The van der Waals surface area contributed by atoms with Crippen molar-refractivity contribution in [1.29, 1.82) is 0 Å². The Hall–Kier alpha value is -3.12. The molecule has 0 radical (unpaired) electrons. The van der Waals surface area contributed by atoms with E-state index < -0.39 is 0 Å². The van der Waals surface area contributed by atoms with Crippen LogP contribution in [0.5, 0.6) is 0 Å². The van der Waals surface area contributed by atoms with Gasteiger partial charge in [-0.15, -0.1) is 11.3 Å². The summed E-state index contributed by atoms with van der Waals surface area (Å²) in [4.78, 5) is 18.6.